The minimum Gasteiger partial charge on any atom is -0.459 e. The summed E-state index contributed by atoms with van der Waals surface area (Å²) in [5, 5.41) is 2.87. The van der Waals surface area contributed by atoms with E-state index in [0.717, 1.165) is 6.42 Å². The van der Waals surface area contributed by atoms with Crippen LogP contribution >= 0.6 is 11.6 Å². The van der Waals surface area contributed by atoms with E-state index in [1.54, 1.807) is 12.1 Å². The van der Waals surface area contributed by atoms with Crippen molar-refractivity contribution in [2.75, 3.05) is 11.9 Å². The van der Waals surface area contributed by atoms with Gasteiger partial charge in [0, 0.05) is 12.2 Å². The number of amides is 3. The molecule has 1 aliphatic heterocycles. The van der Waals surface area contributed by atoms with Crippen molar-refractivity contribution in [1.82, 2.24) is 4.90 Å². The maximum Gasteiger partial charge on any atom is 0.290 e. The average molecular weight is 362 g/mol. The lowest BCUT2D eigenvalue weighted by molar-refractivity contribution is -0.119. The van der Waals surface area contributed by atoms with E-state index in [1.165, 1.54) is 29.4 Å². The Bertz CT molecular complexity index is 819. The van der Waals surface area contributed by atoms with Crippen molar-refractivity contribution in [3.63, 3.8) is 0 Å². The van der Waals surface area contributed by atoms with E-state index in [-0.39, 0.29) is 28.2 Å². The average Bonchev–Trinajstić information content (AvgIpc) is 3.25. The molecular formula is C17H16ClN3O4. The largest absolute Gasteiger partial charge is 0.459 e. The van der Waals surface area contributed by atoms with Crippen molar-refractivity contribution in [1.29, 1.82) is 0 Å². The molecule has 2 heterocycles. The van der Waals surface area contributed by atoms with Crippen LogP contribution in [0.4, 0.5) is 5.69 Å². The molecule has 0 unspecified atom stereocenters. The molecule has 1 aromatic heterocycles. The molecule has 1 fully saturated rings. The number of carbonyl (C=O) groups is 3. The van der Waals surface area contributed by atoms with Crippen molar-refractivity contribution >= 4 is 35.0 Å². The molecule has 0 spiro atoms. The summed E-state index contributed by atoms with van der Waals surface area (Å²) in [6, 6.07) is 7.04. The number of anilines is 1. The van der Waals surface area contributed by atoms with Crippen LogP contribution in [0.5, 0.6) is 0 Å². The predicted octanol–water partition coefficient (Wildman–Crippen LogP) is 2.28. The number of benzene rings is 1. The topological polar surface area (TPSA) is 106 Å². The molecule has 1 aromatic carbocycles. The zero-order valence-corrected chi connectivity index (χ0v) is 14.0. The summed E-state index contributed by atoms with van der Waals surface area (Å²) < 4.78 is 5.12. The third-order valence-corrected chi connectivity index (χ3v) is 4.36. The summed E-state index contributed by atoms with van der Waals surface area (Å²) in [7, 11) is 0. The van der Waals surface area contributed by atoms with E-state index in [4.69, 9.17) is 21.8 Å². The first-order valence-corrected chi connectivity index (χ1v) is 8.10. The molecule has 3 rings (SSSR count). The highest BCUT2D eigenvalue weighted by molar-refractivity contribution is 6.34. The van der Waals surface area contributed by atoms with Crippen LogP contribution in [-0.4, -0.2) is 35.2 Å². The van der Waals surface area contributed by atoms with Gasteiger partial charge in [0.2, 0.25) is 11.8 Å². The molecule has 130 valence electrons. The summed E-state index contributed by atoms with van der Waals surface area (Å²) >= 11 is 5.99. The van der Waals surface area contributed by atoms with E-state index in [1.807, 2.05) is 0 Å². The highest BCUT2D eigenvalue weighted by Gasteiger charge is 2.35. The van der Waals surface area contributed by atoms with Crippen molar-refractivity contribution < 1.29 is 18.8 Å². The van der Waals surface area contributed by atoms with Crippen LogP contribution in [0.1, 0.15) is 33.8 Å². The predicted molar refractivity (Wildman–Crippen MR) is 91.4 cm³/mol. The lowest BCUT2D eigenvalue weighted by atomic mass is 10.1. The van der Waals surface area contributed by atoms with Crippen molar-refractivity contribution in [2.24, 2.45) is 5.73 Å². The number of hydrogen-bond acceptors (Lipinski definition) is 4. The Balaban J connectivity index is 1.73. The molecule has 1 saturated heterocycles. The van der Waals surface area contributed by atoms with E-state index in [2.05, 4.69) is 5.32 Å². The van der Waals surface area contributed by atoms with Gasteiger partial charge in [-0.15, -0.1) is 0 Å². The Morgan fingerprint density at radius 1 is 1.28 bits per heavy atom. The standard InChI is InChI=1S/C17H16ClN3O4/c18-12-9-10(5-6-11(12)15(19)22)20-16(23)13-3-1-7-21(13)17(24)14-4-2-8-25-14/h2,4-6,8-9,13H,1,3,7H2,(H2,19,22)(H,20,23)/t13-/m0/s1. The Morgan fingerprint density at radius 3 is 2.72 bits per heavy atom. The lowest BCUT2D eigenvalue weighted by Crippen LogP contribution is -2.43. The van der Waals surface area contributed by atoms with Gasteiger partial charge in [-0.3, -0.25) is 14.4 Å². The Hall–Kier alpha value is -2.80. The molecule has 1 aliphatic rings. The second-order valence-corrected chi connectivity index (χ2v) is 6.09. The van der Waals surface area contributed by atoms with Crippen LogP contribution in [0.2, 0.25) is 5.02 Å². The van der Waals surface area contributed by atoms with Crippen LogP contribution < -0.4 is 11.1 Å². The molecule has 3 N–H and O–H groups in total. The molecular weight excluding hydrogens is 346 g/mol. The summed E-state index contributed by atoms with van der Waals surface area (Å²) in [5.41, 5.74) is 5.80. The van der Waals surface area contributed by atoms with Gasteiger partial charge in [0.1, 0.15) is 6.04 Å². The Kier molecular flexibility index (Phi) is 4.76. The van der Waals surface area contributed by atoms with Crippen molar-refractivity contribution in [3.05, 3.63) is 52.9 Å². The van der Waals surface area contributed by atoms with Gasteiger partial charge in [-0.2, -0.15) is 0 Å². The second-order valence-electron chi connectivity index (χ2n) is 5.68. The number of halogens is 1. The third-order valence-electron chi connectivity index (χ3n) is 4.05. The number of hydrogen-bond donors (Lipinski definition) is 2. The number of likely N-dealkylation sites (tertiary alicyclic amines) is 1. The Labute approximate surface area is 148 Å². The smallest absolute Gasteiger partial charge is 0.290 e. The molecule has 7 nitrogen and oxygen atoms in total. The second kappa shape index (κ2) is 6.98. The molecule has 1 atom stereocenters. The number of nitrogens with zero attached hydrogens (tertiary/aromatic N) is 1. The van der Waals surface area contributed by atoms with Gasteiger partial charge in [-0.1, -0.05) is 11.6 Å². The fourth-order valence-electron chi connectivity index (χ4n) is 2.84. The number of primary amides is 1. The highest BCUT2D eigenvalue weighted by Crippen LogP contribution is 2.24. The highest BCUT2D eigenvalue weighted by atomic mass is 35.5. The summed E-state index contributed by atoms with van der Waals surface area (Å²) in [6.45, 7) is 0.485. The number of furan rings is 1. The zero-order chi connectivity index (χ0) is 18.0. The first-order chi connectivity index (χ1) is 12.0. The summed E-state index contributed by atoms with van der Waals surface area (Å²) in [5.74, 6) is -1.08. The normalized spacial score (nSPS) is 16.7. The molecule has 2 aromatic rings. The van der Waals surface area contributed by atoms with Crippen LogP contribution in [-0.2, 0) is 4.79 Å². The SMILES string of the molecule is NC(=O)c1ccc(NC(=O)[C@@H]2CCCN2C(=O)c2ccco2)cc1Cl. The fraction of sp³-hybridized carbons (Fsp3) is 0.235. The van der Waals surface area contributed by atoms with Gasteiger partial charge in [-0.05, 0) is 43.2 Å². The van der Waals surface area contributed by atoms with Gasteiger partial charge in [0.05, 0.1) is 16.8 Å². The molecule has 0 aliphatic carbocycles. The number of carbonyl (C=O) groups excluding carboxylic acids is 3. The molecule has 0 bridgehead atoms. The van der Waals surface area contributed by atoms with E-state index in [0.29, 0.717) is 18.7 Å². The van der Waals surface area contributed by atoms with Gasteiger partial charge in [0.25, 0.3) is 5.91 Å². The van der Waals surface area contributed by atoms with Gasteiger partial charge in [0.15, 0.2) is 5.76 Å². The molecule has 3 amide bonds. The zero-order valence-electron chi connectivity index (χ0n) is 13.2. The molecule has 25 heavy (non-hydrogen) atoms. The fourth-order valence-corrected chi connectivity index (χ4v) is 3.12. The first kappa shape index (κ1) is 17.0. The minimum absolute atomic E-state index is 0.153. The van der Waals surface area contributed by atoms with Gasteiger partial charge >= 0.3 is 0 Å². The summed E-state index contributed by atoms with van der Waals surface area (Å²) in [4.78, 5) is 37.7. The van der Waals surface area contributed by atoms with E-state index >= 15 is 0 Å². The van der Waals surface area contributed by atoms with E-state index in [9.17, 15) is 14.4 Å². The minimum atomic E-state index is -0.645. The number of rotatable bonds is 4. The van der Waals surface area contributed by atoms with E-state index < -0.39 is 11.9 Å². The van der Waals surface area contributed by atoms with Crippen LogP contribution in [0.15, 0.2) is 41.0 Å². The van der Waals surface area contributed by atoms with Crippen molar-refractivity contribution in [3.8, 4) is 0 Å². The van der Waals surface area contributed by atoms with Crippen LogP contribution in [0.3, 0.4) is 0 Å². The number of nitrogens with two attached hydrogens (primary N) is 1. The maximum atomic E-state index is 12.6. The Morgan fingerprint density at radius 2 is 2.08 bits per heavy atom. The van der Waals surface area contributed by atoms with Gasteiger partial charge in [-0.25, -0.2) is 0 Å². The quantitative estimate of drug-likeness (QED) is 0.871. The molecule has 0 saturated carbocycles. The number of nitrogens with one attached hydrogen (secondary N) is 1. The summed E-state index contributed by atoms with van der Waals surface area (Å²) in [6.07, 6.45) is 2.71. The monoisotopic (exact) mass is 361 g/mol. The van der Waals surface area contributed by atoms with Crippen LogP contribution in [0, 0.1) is 0 Å². The third kappa shape index (κ3) is 3.51. The van der Waals surface area contributed by atoms with Gasteiger partial charge < -0.3 is 20.4 Å². The first-order valence-electron chi connectivity index (χ1n) is 7.72. The molecule has 8 heteroatoms. The maximum absolute atomic E-state index is 12.6. The van der Waals surface area contributed by atoms with Crippen LogP contribution in [0.25, 0.3) is 0 Å². The lowest BCUT2D eigenvalue weighted by Gasteiger charge is -2.23. The molecule has 0 radical (unpaired) electrons. The van der Waals surface area contributed by atoms with Crippen molar-refractivity contribution in [2.45, 2.75) is 18.9 Å².